The van der Waals surface area contributed by atoms with Crippen LogP contribution in [0.25, 0.3) is 0 Å². The molecule has 0 aliphatic heterocycles. The van der Waals surface area contributed by atoms with Crippen LogP contribution in [0.1, 0.15) is 37.5 Å². The summed E-state index contributed by atoms with van der Waals surface area (Å²) in [5.74, 6) is -0.0407. The van der Waals surface area contributed by atoms with Crippen molar-refractivity contribution in [3.05, 3.63) is 89.7 Å². The maximum absolute atomic E-state index is 13.5. The Kier molecular flexibility index (Phi) is 8.06. The number of pyridine rings is 1. The SMILES string of the molecule is COC(=O)COc1cccc(CN(Cc2ccc(C(C)(C)C)cc2)S(=O)(=O)c2cccnc2)c1. The van der Waals surface area contributed by atoms with Crippen LogP contribution in [0.3, 0.4) is 0 Å². The molecule has 1 aromatic heterocycles. The average Bonchev–Trinajstić information content (AvgIpc) is 2.82. The number of hydrogen-bond acceptors (Lipinski definition) is 6. The number of nitrogens with zero attached hydrogens (tertiary/aromatic N) is 2. The van der Waals surface area contributed by atoms with Crippen LogP contribution in [-0.2, 0) is 38.1 Å². The summed E-state index contributed by atoms with van der Waals surface area (Å²) in [4.78, 5) is 15.5. The summed E-state index contributed by atoms with van der Waals surface area (Å²) in [7, 11) is -2.53. The largest absolute Gasteiger partial charge is 0.482 e. The Hall–Kier alpha value is -3.23. The molecule has 0 fully saturated rings. The highest BCUT2D eigenvalue weighted by atomic mass is 32.2. The van der Waals surface area contributed by atoms with Gasteiger partial charge in [-0.2, -0.15) is 4.31 Å². The number of hydrogen-bond donors (Lipinski definition) is 0. The maximum atomic E-state index is 13.5. The van der Waals surface area contributed by atoms with Gasteiger partial charge in [0, 0.05) is 25.5 Å². The van der Waals surface area contributed by atoms with Crippen molar-refractivity contribution in [1.29, 1.82) is 0 Å². The first-order valence-corrected chi connectivity index (χ1v) is 12.3. The molecule has 0 spiro atoms. The minimum absolute atomic E-state index is 0.00460. The normalized spacial score (nSPS) is 11.9. The van der Waals surface area contributed by atoms with E-state index in [0.29, 0.717) is 5.75 Å². The quantitative estimate of drug-likeness (QED) is 0.422. The van der Waals surface area contributed by atoms with Gasteiger partial charge in [0.1, 0.15) is 10.6 Å². The zero-order chi connectivity index (χ0) is 24.8. The maximum Gasteiger partial charge on any atom is 0.343 e. The molecular weight excluding hydrogens is 452 g/mol. The van der Waals surface area contributed by atoms with Crippen molar-refractivity contribution < 1.29 is 22.7 Å². The van der Waals surface area contributed by atoms with E-state index in [4.69, 9.17) is 4.74 Å². The summed E-state index contributed by atoms with van der Waals surface area (Å²) in [5, 5.41) is 0. The van der Waals surface area contributed by atoms with Gasteiger partial charge in [-0.15, -0.1) is 0 Å². The van der Waals surface area contributed by atoms with Gasteiger partial charge in [0.05, 0.1) is 7.11 Å². The van der Waals surface area contributed by atoms with E-state index in [1.807, 2.05) is 30.3 Å². The molecule has 0 saturated carbocycles. The first-order valence-electron chi connectivity index (χ1n) is 10.9. The first-order chi connectivity index (χ1) is 16.1. The molecule has 3 rings (SSSR count). The summed E-state index contributed by atoms with van der Waals surface area (Å²) in [5.41, 5.74) is 2.78. The standard InChI is InChI=1S/C26H30N2O5S/c1-26(2,3)22-12-10-20(11-13-22)17-28(34(30,31)24-9-6-14-27-16-24)18-21-7-5-8-23(15-21)33-19-25(29)32-4/h5-16H,17-19H2,1-4H3. The van der Waals surface area contributed by atoms with Crippen molar-refractivity contribution in [2.24, 2.45) is 0 Å². The van der Waals surface area contributed by atoms with Gasteiger partial charge >= 0.3 is 5.97 Å². The third-order valence-electron chi connectivity index (χ3n) is 5.29. The van der Waals surface area contributed by atoms with Crippen molar-refractivity contribution in [2.75, 3.05) is 13.7 Å². The van der Waals surface area contributed by atoms with Crippen molar-refractivity contribution in [2.45, 2.75) is 44.2 Å². The van der Waals surface area contributed by atoms with Gasteiger partial charge in [0.15, 0.2) is 6.61 Å². The number of methoxy groups -OCH3 is 1. The molecule has 180 valence electrons. The van der Waals surface area contributed by atoms with E-state index < -0.39 is 16.0 Å². The van der Waals surface area contributed by atoms with Gasteiger partial charge in [-0.1, -0.05) is 57.2 Å². The lowest BCUT2D eigenvalue weighted by atomic mass is 9.87. The van der Waals surface area contributed by atoms with E-state index in [-0.39, 0.29) is 30.0 Å². The summed E-state index contributed by atoms with van der Waals surface area (Å²) in [6.45, 7) is 6.49. The van der Waals surface area contributed by atoms with Crippen LogP contribution in [0, 0.1) is 0 Å². The fourth-order valence-electron chi connectivity index (χ4n) is 3.33. The molecule has 0 N–H and O–H groups in total. The predicted molar refractivity (Wildman–Crippen MR) is 130 cm³/mol. The van der Waals surface area contributed by atoms with Crippen LogP contribution in [0.4, 0.5) is 0 Å². The Morgan fingerprint density at radius 1 is 0.971 bits per heavy atom. The second-order valence-corrected chi connectivity index (χ2v) is 10.9. The van der Waals surface area contributed by atoms with Crippen LogP contribution in [0.5, 0.6) is 5.75 Å². The lowest BCUT2D eigenvalue weighted by Crippen LogP contribution is -2.30. The number of carbonyl (C=O) groups excluding carboxylic acids is 1. The number of sulfonamides is 1. The summed E-state index contributed by atoms with van der Waals surface area (Å²) in [6.07, 6.45) is 2.89. The lowest BCUT2D eigenvalue weighted by molar-refractivity contribution is -0.142. The van der Waals surface area contributed by atoms with Gasteiger partial charge in [-0.25, -0.2) is 13.2 Å². The van der Waals surface area contributed by atoms with Crippen molar-refractivity contribution >= 4 is 16.0 Å². The van der Waals surface area contributed by atoms with Crippen molar-refractivity contribution in [1.82, 2.24) is 9.29 Å². The van der Waals surface area contributed by atoms with Gasteiger partial charge in [0.2, 0.25) is 10.0 Å². The Morgan fingerprint density at radius 2 is 1.68 bits per heavy atom. The van der Waals surface area contributed by atoms with Gasteiger partial charge in [-0.05, 0) is 46.4 Å². The third kappa shape index (κ3) is 6.65. The topological polar surface area (TPSA) is 85.8 Å². The lowest BCUT2D eigenvalue weighted by Gasteiger charge is -2.24. The summed E-state index contributed by atoms with van der Waals surface area (Å²) in [6, 6.07) is 18.1. The highest BCUT2D eigenvalue weighted by molar-refractivity contribution is 7.89. The molecular formula is C26H30N2O5S. The van der Waals surface area contributed by atoms with Crippen molar-refractivity contribution in [3.63, 3.8) is 0 Å². The van der Waals surface area contributed by atoms with Crippen LogP contribution in [-0.4, -0.2) is 37.4 Å². The molecule has 0 radical (unpaired) electrons. The molecule has 0 bridgehead atoms. The van der Waals surface area contributed by atoms with E-state index in [1.165, 1.54) is 35.4 Å². The highest BCUT2D eigenvalue weighted by Crippen LogP contribution is 2.25. The van der Waals surface area contributed by atoms with Gasteiger partial charge in [-0.3, -0.25) is 4.98 Å². The molecule has 34 heavy (non-hydrogen) atoms. The monoisotopic (exact) mass is 482 g/mol. The molecule has 0 saturated heterocycles. The number of ether oxygens (including phenoxy) is 2. The molecule has 0 aliphatic rings. The second-order valence-electron chi connectivity index (χ2n) is 8.92. The smallest absolute Gasteiger partial charge is 0.343 e. The average molecular weight is 483 g/mol. The van der Waals surface area contributed by atoms with Crippen LogP contribution < -0.4 is 4.74 Å². The van der Waals surface area contributed by atoms with E-state index >= 15 is 0 Å². The fraction of sp³-hybridized carbons (Fsp3) is 0.308. The number of aromatic nitrogens is 1. The fourth-order valence-corrected chi connectivity index (χ4v) is 4.71. The Labute approximate surface area is 201 Å². The number of benzene rings is 2. The minimum Gasteiger partial charge on any atom is -0.482 e. The number of esters is 1. The summed E-state index contributed by atoms with van der Waals surface area (Å²) >= 11 is 0. The predicted octanol–water partition coefficient (Wildman–Crippen LogP) is 4.32. The van der Waals surface area contributed by atoms with E-state index in [1.54, 1.807) is 24.3 Å². The third-order valence-corrected chi connectivity index (χ3v) is 7.07. The number of rotatable bonds is 9. The zero-order valence-corrected chi connectivity index (χ0v) is 20.7. The Balaban J connectivity index is 1.89. The number of carbonyl (C=O) groups is 1. The van der Waals surface area contributed by atoms with Crippen LogP contribution in [0.2, 0.25) is 0 Å². The molecule has 8 heteroatoms. The van der Waals surface area contributed by atoms with Crippen LogP contribution >= 0.6 is 0 Å². The zero-order valence-electron chi connectivity index (χ0n) is 19.9. The molecule has 1 heterocycles. The van der Waals surface area contributed by atoms with Crippen LogP contribution in [0.15, 0.2) is 78.0 Å². The molecule has 0 atom stereocenters. The molecule has 0 unspecified atom stereocenters. The molecule has 2 aromatic carbocycles. The van der Waals surface area contributed by atoms with E-state index in [0.717, 1.165) is 11.1 Å². The summed E-state index contributed by atoms with van der Waals surface area (Å²) < 4.78 is 38.5. The molecule has 0 amide bonds. The second kappa shape index (κ2) is 10.8. The molecule has 0 aliphatic carbocycles. The highest BCUT2D eigenvalue weighted by Gasteiger charge is 2.25. The molecule has 7 nitrogen and oxygen atoms in total. The Bertz CT molecular complexity index is 1200. The molecule has 3 aromatic rings. The van der Waals surface area contributed by atoms with E-state index in [2.05, 4.69) is 30.5 Å². The van der Waals surface area contributed by atoms with Crippen molar-refractivity contribution in [3.8, 4) is 5.75 Å². The first kappa shape index (κ1) is 25.4. The minimum atomic E-state index is -3.82. The Morgan fingerprint density at radius 3 is 2.29 bits per heavy atom. The van der Waals surface area contributed by atoms with Gasteiger partial charge in [0.25, 0.3) is 0 Å². The van der Waals surface area contributed by atoms with E-state index in [9.17, 15) is 13.2 Å². The van der Waals surface area contributed by atoms with Gasteiger partial charge < -0.3 is 9.47 Å².